The number of phenolic OH excluding ortho intramolecular Hbond substituents is 2. The van der Waals surface area contributed by atoms with Gasteiger partial charge in [0.15, 0.2) is 0 Å². The van der Waals surface area contributed by atoms with Crippen LogP contribution in [0.2, 0.25) is 5.02 Å². The molecule has 230 valence electrons. The molecule has 0 aliphatic rings. The maximum atomic E-state index is 10.0. The molecule has 0 bridgehead atoms. The third-order valence-corrected chi connectivity index (χ3v) is 6.93. The van der Waals surface area contributed by atoms with E-state index in [4.69, 9.17) is 11.6 Å². The van der Waals surface area contributed by atoms with Crippen LogP contribution >= 0.6 is 11.6 Å². The lowest BCUT2D eigenvalue weighted by Gasteiger charge is -2.06. The molecule has 0 aliphatic carbocycles. The second kappa shape index (κ2) is 15.7. The topological polar surface area (TPSA) is 115 Å². The zero-order valence-corrected chi connectivity index (χ0v) is 24.9. The van der Waals surface area contributed by atoms with Gasteiger partial charge < -0.3 is 10.2 Å². The van der Waals surface area contributed by atoms with Gasteiger partial charge in [-0.15, -0.1) is 0 Å². The van der Waals surface area contributed by atoms with Crippen LogP contribution < -0.4 is 10.9 Å². The lowest BCUT2D eigenvalue weighted by Crippen LogP contribution is -2.03. The van der Waals surface area contributed by atoms with Crippen molar-refractivity contribution in [1.82, 2.24) is 20.8 Å². The third-order valence-electron chi connectivity index (χ3n) is 6.68. The Morgan fingerprint density at radius 1 is 0.609 bits per heavy atom. The molecule has 8 nitrogen and oxygen atoms in total. The third kappa shape index (κ3) is 8.13. The number of benzene rings is 4. The molecule has 0 aliphatic heterocycles. The summed E-state index contributed by atoms with van der Waals surface area (Å²) in [6.07, 6.45) is 6.46. The standard InChI is InChI=1S/C18H14ClN3O.C18H15N3O.CH4/c1-12(13-4-7-15(19)8-5-13)22-21-11-16-17(23)9-6-14-3-2-10-20-18(14)16;1-13(14-6-3-2-4-7-14)21-20-12-16-17(22)10-9-15-8-5-11-19-18(15)16;/h2-11,22-23H,1H2;2-12,21-22H,1H2;1H4/b21-11+;20-12+;. The van der Waals surface area contributed by atoms with E-state index in [9.17, 15) is 10.2 Å². The number of hydrazone groups is 2. The van der Waals surface area contributed by atoms with Crippen LogP contribution in [0.4, 0.5) is 0 Å². The summed E-state index contributed by atoms with van der Waals surface area (Å²) in [6, 6.07) is 31.5. The summed E-state index contributed by atoms with van der Waals surface area (Å²) in [4.78, 5) is 8.59. The van der Waals surface area contributed by atoms with Crippen molar-refractivity contribution in [2.75, 3.05) is 0 Å². The molecular weight excluding hydrogens is 596 g/mol. The summed E-state index contributed by atoms with van der Waals surface area (Å²) >= 11 is 5.86. The van der Waals surface area contributed by atoms with Crippen molar-refractivity contribution in [3.63, 3.8) is 0 Å². The zero-order valence-electron chi connectivity index (χ0n) is 24.1. The van der Waals surface area contributed by atoms with Crippen molar-refractivity contribution in [1.29, 1.82) is 0 Å². The first-order valence-electron chi connectivity index (χ1n) is 13.8. The van der Waals surface area contributed by atoms with Gasteiger partial charge in [-0.05, 0) is 59.7 Å². The molecule has 0 fully saturated rings. The van der Waals surface area contributed by atoms with Crippen LogP contribution in [0, 0.1) is 0 Å². The number of phenols is 2. The number of aromatic hydroxyl groups is 2. The maximum Gasteiger partial charge on any atom is 0.126 e. The molecule has 4 aromatic carbocycles. The molecule has 0 radical (unpaired) electrons. The van der Waals surface area contributed by atoms with E-state index in [1.165, 1.54) is 6.21 Å². The second-order valence-corrected chi connectivity index (χ2v) is 10.2. The molecular formula is C37H33ClN6O2. The Hall–Kier alpha value is -5.99. The van der Waals surface area contributed by atoms with Gasteiger partial charge in [-0.3, -0.25) is 20.8 Å². The average molecular weight is 629 g/mol. The molecule has 2 aromatic heterocycles. The molecule has 6 aromatic rings. The number of aromatic nitrogens is 2. The Labute approximate surface area is 272 Å². The van der Waals surface area contributed by atoms with E-state index in [-0.39, 0.29) is 18.9 Å². The van der Waals surface area contributed by atoms with E-state index in [0.717, 1.165) is 21.9 Å². The normalized spacial score (nSPS) is 10.7. The fraction of sp³-hybridized carbons (Fsp3) is 0.0270. The van der Waals surface area contributed by atoms with Gasteiger partial charge in [0, 0.05) is 28.2 Å². The predicted molar refractivity (Wildman–Crippen MR) is 191 cm³/mol. The lowest BCUT2D eigenvalue weighted by molar-refractivity contribution is 0.474. The van der Waals surface area contributed by atoms with E-state index >= 15 is 0 Å². The van der Waals surface area contributed by atoms with Gasteiger partial charge in [0.05, 0.1) is 46.0 Å². The minimum Gasteiger partial charge on any atom is -0.507 e. The zero-order chi connectivity index (χ0) is 31.6. The Morgan fingerprint density at radius 2 is 1.07 bits per heavy atom. The number of nitrogens with one attached hydrogen (secondary N) is 2. The van der Waals surface area contributed by atoms with Gasteiger partial charge in [0.2, 0.25) is 0 Å². The number of pyridine rings is 2. The molecule has 0 saturated carbocycles. The fourth-order valence-electron chi connectivity index (χ4n) is 4.34. The van der Waals surface area contributed by atoms with Crippen LogP contribution in [0.1, 0.15) is 29.7 Å². The Morgan fingerprint density at radius 3 is 1.54 bits per heavy atom. The number of hydrogen-bond donors (Lipinski definition) is 4. The van der Waals surface area contributed by atoms with Crippen LogP contribution in [-0.4, -0.2) is 32.6 Å². The molecule has 0 atom stereocenters. The van der Waals surface area contributed by atoms with E-state index in [1.807, 2.05) is 78.9 Å². The highest BCUT2D eigenvalue weighted by Crippen LogP contribution is 2.25. The number of nitrogens with zero attached hydrogens (tertiary/aromatic N) is 4. The maximum absolute atomic E-state index is 10.0. The number of halogens is 1. The fourth-order valence-corrected chi connectivity index (χ4v) is 4.46. The largest absolute Gasteiger partial charge is 0.507 e. The van der Waals surface area contributed by atoms with Gasteiger partial charge in [0.25, 0.3) is 0 Å². The highest BCUT2D eigenvalue weighted by atomic mass is 35.5. The summed E-state index contributed by atoms with van der Waals surface area (Å²) in [5, 5.41) is 30.9. The average Bonchev–Trinajstić information content (AvgIpc) is 3.07. The van der Waals surface area contributed by atoms with Crippen LogP contribution in [0.25, 0.3) is 33.2 Å². The smallest absolute Gasteiger partial charge is 0.126 e. The second-order valence-electron chi connectivity index (χ2n) is 9.72. The van der Waals surface area contributed by atoms with Crippen molar-refractivity contribution >= 4 is 57.2 Å². The van der Waals surface area contributed by atoms with Gasteiger partial charge in [0.1, 0.15) is 11.5 Å². The monoisotopic (exact) mass is 628 g/mol. The van der Waals surface area contributed by atoms with Gasteiger partial charge in [-0.1, -0.05) is 86.8 Å². The van der Waals surface area contributed by atoms with Crippen LogP contribution in [0.5, 0.6) is 11.5 Å². The SMILES string of the molecule is C.C=C(N/N=C/c1c(O)ccc2cccnc12)c1ccc(Cl)cc1.C=C(N/N=C/c1c(O)ccc2cccnc12)c1ccccc1. The Balaban J connectivity index is 0.000000205. The van der Waals surface area contributed by atoms with Crippen molar-refractivity contribution in [2.45, 2.75) is 7.43 Å². The quantitative estimate of drug-likeness (QED) is 0.0994. The first kappa shape index (κ1) is 32.9. The number of rotatable bonds is 8. The number of fused-ring (bicyclic) bond motifs is 2. The molecule has 0 amide bonds. The van der Waals surface area contributed by atoms with Crippen LogP contribution in [0.3, 0.4) is 0 Å². The Kier molecular flexibility index (Phi) is 11.2. The van der Waals surface area contributed by atoms with Crippen molar-refractivity contribution in [2.24, 2.45) is 10.2 Å². The Bertz CT molecular complexity index is 2030. The van der Waals surface area contributed by atoms with Crippen molar-refractivity contribution in [3.05, 3.63) is 156 Å². The van der Waals surface area contributed by atoms with Gasteiger partial charge in [-0.25, -0.2) is 0 Å². The molecule has 4 N–H and O–H groups in total. The molecule has 6 rings (SSSR count). The molecule has 0 spiro atoms. The van der Waals surface area contributed by atoms with Crippen molar-refractivity contribution in [3.8, 4) is 11.5 Å². The summed E-state index contributed by atoms with van der Waals surface area (Å²) in [5.41, 5.74) is 11.4. The molecule has 2 heterocycles. The number of hydrogen-bond acceptors (Lipinski definition) is 8. The van der Waals surface area contributed by atoms with E-state index in [0.29, 0.717) is 38.6 Å². The summed E-state index contributed by atoms with van der Waals surface area (Å²) < 4.78 is 0. The molecule has 0 unspecified atom stereocenters. The molecule has 46 heavy (non-hydrogen) atoms. The van der Waals surface area contributed by atoms with Crippen LogP contribution in [0.15, 0.2) is 139 Å². The van der Waals surface area contributed by atoms with Gasteiger partial charge in [-0.2, -0.15) is 10.2 Å². The van der Waals surface area contributed by atoms with Crippen LogP contribution in [-0.2, 0) is 0 Å². The molecule has 0 saturated heterocycles. The van der Waals surface area contributed by atoms with Crippen molar-refractivity contribution < 1.29 is 10.2 Å². The molecule has 9 heteroatoms. The summed E-state index contributed by atoms with van der Waals surface area (Å²) in [7, 11) is 0. The van der Waals surface area contributed by atoms with E-state index in [2.05, 4.69) is 44.2 Å². The highest BCUT2D eigenvalue weighted by molar-refractivity contribution is 6.30. The first-order chi connectivity index (χ1) is 21.9. The minimum absolute atomic E-state index is 0. The van der Waals surface area contributed by atoms with E-state index < -0.39 is 0 Å². The summed E-state index contributed by atoms with van der Waals surface area (Å²) in [6.45, 7) is 7.86. The predicted octanol–water partition coefficient (Wildman–Crippen LogP) is 8.36. The van der Waals surface area contributed by atoms with E-state index in [1.54, 1.807) is 42.9 Å². The summed E-state index contributed by atoms with van der Waals surface area (Å²) in [5.74, 6) is 0.265. The van der Waals surface area contributed by atoms with Gasteiger partial charge >= 0.3 is 0 Å². The first-order valence-corrected chi connectivity index (χ1v) is 14.2. The highest BCUT2D eigenvalue weighted by Gasteiger charge is 2.07. The minimum atomic E-state index is 0. The lowest BCUT2D eigenvalue weighted by atomic mass is 10.1.